The number of carbonyl (C=O) groups excluding carboxylic acids is 1. The van der Waals surface area contributed by atoms with Gasteiger partial charge in [0.05, 0.1) is 4.88 Å². The van der Waals surface area contributed by atoms with Crippen LogP contribution in [-0.4, -0.2) is 11.7 Å². The maximum absolute atomic E-state index is 11.5. The monoisotopic (exact) mass is 280 g/mol. The summed E-state index contributed by atoms with van der Waals surface area (Å²) < 4.78 is 0.911. The molecule has 1 heterocycles. The smallest absolute Gasteiger partial charge is 0.173 e. The van der Waals surface area contributed by atoms with E-state index in [1.165, 1.54) is 11.3 Å². The summed E-state index contributed by atoms with van der Waals surface area (Å²) in [6.07, 6.45) is 2.40. The number of carbonyl (C=O) groups is 1. The molecule has 0 fully saturated rings. The lowest BCUT2D eigenvalue weighted by molar-refractivity contribution is 0.0983. The van der Waals surface area contributed by atoms with E-state index in [9.17, 15) is 4.79 Å². The average molecular weight is 282 g/mol. The van der Waals surface area contributed by atoms with Crippen molar-refractivity contribution in [3.05, 3.63) is 20.8 Å². The molecule has 1 aromatic rings. The minimum absolute atomic E-state index is 0.215. The molecule has 13 heavy (non-hydrogen) atoms. The van der Waals surface area contributed by atoms with E-state index in [-0.39, 0.29) is 5.78 Å². The van der Waals surface area contributed by atoms with Crippen LogP contribution in [0.2, 0.25) is 0 Å². The summed E-state index contributed by atoms with van der Waals surface area (Å²) in [7, 11) is 0. The zero-order chi connectivity index (χ0) is 9.68. The Morgan fingerprint density at radius 1 is 1.54 bits per heavy atom. The van der Waals surface area contributed by atoms with Crippen LogP contribution in [0.1, 0.15) is 28.9 Å². The van der Waals surface area contributed by atoms with Gasteiger partial charge in [0.2, 0.25) is 0 Å². The SMILES string of the molecule is O=C(CCCCCl)c1sccc1Br. The van der Waals surface area contributed by atoms with E-state index in [1.54, 1.807) is 0 Å². The summed E-state index contributed by atoms with van der Waals surface area (Å²) in [5.74, 6) is 0.853. The highest BCUT2D eigenvalue weighted by atomic mass is 79.9. The minimum Gasteiger partial charge on any atom is -0.293 e. The molecule has 0 unspecified atom stereocenters. The number of hydrogen-bond donors (Lipinski definition) is 0. The molecular formula is C9H10BrClOS. The van der Waals surface area contributed by atoms with Crippen molar-refractivity contribution < 1.29 is 4.79 Å². The molecule has 0 atom stereocenters. The predicted molar refractivity (Wildman–Crippen MR) is 60.9 cm³/mol. The molecule has 0 aliphatic rings. The normalized spacial score (nSPS) is 10.3. The fourth-order valence-corrected chi connectivity index (χ4v) is 2.74. The quantitative estimate of drug-likeness (QED) is 0.451. The number of alkyl halides is 1. The lowest BCUT2D eigenvalue weighted by Gasteiger charge is -1.97. The van der Waals surface area contributed by atoms with E-state index in [0.717, 1.165) is 22.2 Å². The van der Waals surface area contributed by atoms with Crippen molar-refractivity contribution >= 4 is 44.7 Å². The molecule has 0 saturated carbocycles. The van der Waals surface area contributed by atoms with Gasteiger partial charge >= 0.3 is 0 Å². The van der Waals surface area contributed by atoms with E-state index >= 15 is 0 Å². The van der Waals surface area contributed by atoms with Gasteiger partial charge in [-0.2, -0.15) is 0 Å². The van der Waals surface area contributed by atoms with Crippen LogP contribution in [0.3, 0.4) is 0 Å². The molecule has 0 saturated heterocycles. The molecule has 1 aromatic heterocycles. The van der Waals surface area contributed by atoms with Crippen LogP contribution in [0, 0.1) is 0 Å². The van der Waals surface area contributed by atoms with Crippen LogP contribution in [0.15, 0.2) is 15.9 Å². The van der Waals surface area contributed by atoms with E-state index in [2.05, 4.69) is 15.9 Å². The van der Waals surface area contributed by atoms with Crippen LogP contribution < -0.4 is 0 Å². The molecular weight excluding hydrogens is 272 g/mol. The summed E-state index contributed by atoms with van der Waals surface area (Å²) in [6, 6.07) is 1.90. The summed E-state index contributed by atoms with van der Waals surface area (Å²) >= 11 is 10.3. The Labute approximate surface area is 95.2 Å². The number of ketones is 1. The van der Waals surface area contributed by atoms with Crippen molar-refractivity contribution in [2.75, 3.05) is 5.88 Å². The number of thiophene rings is 1. The lowest BCUT2D eigenvalue weighted by atomic mass is 10.1. The highest BCUT2D eigenvalue weighted by molar-refractivity contribution is 9.10. The third-order valence-electron chi connectivity index (χ3n) is 1.66. The Bertz CT molecular complexity index is 285. The Hall–Kier alpha value is 0.140. The Morgan fingerprint density at radius 3 is 2.85 bits per heavy atom. The Morgan fingerprint density at radius 2 is 2.31 bits per heavy atom. The van der Waals surface area contributed by atoms with Gasteiger partial charge in [0.1, 0.15) is 0 Å². The van der Waals surface area contributed by atoms with Gasteiger partial charge in [-0.05, 0) is 40.2 Å². The van der Waals surface area contributed by atoms with Gasteiger partial charge in [0, 0.05) is 16.8 Å². The first-order valence-corrected chi connectivity index (χ1v) is 6.28. The predicted octanol–water partition coefficient (Wildman–Crippen LogP) is 4.10. The first-order chi connectivity index (χ1) is 6.25. The van der Waals surface area contributed by atoms with Gasteiger partial charge < -0.3 is 0 Å². The van der Waals surface area contributed by atoms with Gasteiger partial charge in [-0.1, -0.05) is 0 Å². The third-order valence-corrected chi connectivity index (χ3v) is 3.80. The first kappa shape index (κ1) is 11.2. The fraction of sp³-hybridized carbons (Fsp3) is 0.444. The molecule has 1 nitrogen and oxygen atoms in total. The standard InChI is InChI=1S/C9H10BrClOS/c10-7-4-6-13-9(7)8(12)3-1-2-5-11/h4,6H,1-3,5H2. The Kier molecular flexibility index (Phi) is 4.99. The van der Waals surface area contributed by atoms with Crippen LogP contribution >= 0.6 is 38.9 Å². The van der Waals surface area contributed by atoms with Crippen LogP contribution in [-0.2, 0) is 0 Å². The highest BCUT2D eigenvalue weighted by Gasteiger charge is 2.10. The number of Topliss-reactive ketones (excluding diaryl/α,β-unsaturated/α-hetero) is 1. The second-order valence-corrected chi connectivity index (χ2v) is 4.82. The number of halogens is 2. The molecule has 72 valence electrons. The minimum atomic E-state index is 0.215. The summed E-state index contributed by atoms with van der Waals surface area (Å²) in [4.78, 5) is 12.4. The van der Waals surface area contributed by atoms with Gasteiger partial charge in [-0.25, -0.2) is 0 Å². The molecule has 0 aliphatic carbocycles. The van der Waals surface area contributed by atoms with Gasteiger partial charge in [0.15, 0.2) is 5.78 Å². The van der Waals surface area contributed by atoms with Gasteiger partial charge in [0.25, 0.3) is 0 Å². The third kappa shape index (κ3) is 3.41. The molecule has 0 aromatic carbocycles. The zero-order valence-corrected chi connectivity index (χ0v) is 10.2. The lowest BCUT2D eigenvalue weighted by Crippen LogP contribution is -1.96. The van der Waals surface area contributed by atoms with E-state index in [4.69, 9.17) is 11.6 Å². The van der Waals surface area contributed by atoms with Crippen molar-refractivity contribution in [1.82, 2.24) is 0 Å². The van der Waals surface area contributed by atoms with Crippen LogP contribution in [0.25, 0.3) is 0 Å². The molecule has 0 spiro atoms. The molecule has 0 aliphatic heterocycles. The molecule has 4 heteroatoms. The van der Waals surface area contributed by atoms with E-state index in [0.29, 0.717) is 12.3 Å². The molecule has 0 N–H and O–H groups in total. The molecule has 0 bridgehead atoms. The van der Waals surface area contributed by atoms with Crippen molar-refractivity contribution in [3.63, 3.8) is 0 Å². The summed E-state index contributed by atoms with van der Waals surface area (Å²) in [5, 5.41) is 1.92. The largest absolute Gasteiger partial charge is 0.293 e. The second kappa shape index (κ2) is 5.78. The average Bonchev–Trinajstić information content (AvgIpc) is 2.52. The van der Waals surface area contributed by atoms with Gasteiger partial charge in [-0.3, -0.25) is 4.79 Å². The maximum atomic E-state index is 11.5. The van der Waals surface area contributed by atoms with Crippen LogP contribution in [0.5, 0.6) is 0 Å². The number of unbranched alkanes of at least 4 members (excludes halogenated alkanes) is 1. The van der Waals surface area contributed by atoms with Crippen molar-refractivity contribution in [2.45, 2.75) is 19.3 Å². The van der Waals surface area contributed by atoms with E-state index < -0.39 is 0 Å². The second-order valence-electron chi connectivity index (χ2n) is 2.67. The topological polar surface area (TPSA) is 17.1 Å². The van der Waals surface area contributed by atoms with Gasteiger partial charge in [-0.15, -0.1) is 22.9 Å². The zero-order valence-electron chi connectivity index (χ0n) is 7.06. The summed E-state index contributed by atoms with van der Waals surface area (Å²) in [5.41, 5.74) is 0. The fourth-order valence-electron chi connectivity index (χ4n) is 0.986. The highest BCUT2D eigenvalue weighted by Crippen LogP contribution is 2.24. The molecule has 1 rings (SSSR count). The van der Waals surface area contributed by atoms with Crippen molar-refractivity contribution in [1.29, 1.82) is 0 Å². The Balaban J connectivity index is 2.45. The summed E-state index contributed by atoms with van der Waals surface area (Å²) in [6.45, 7) is 0. The van der Waals surface area contributed by atoms with Crippen molar-refractivity contribution in [2.24, 2.45) is 0 Å². The number of rotatable bonds is 5. The van der Waals surface area contributed by atoms with E-state index in [1.807, 2.05) is 11.4 Å². The molecule has 0 radical (unpaired) electrons. The van der Waals surface area contributed by atoms with Crippen LogP contribution in [0.4, 0.5) is 0 Å². The number of hydrogen-bond acceptors (Lipinski definition) is 2. The van der Waals surface area contributed by atoms with Crippen molar-refractivity contribution in [3.8, 4) is 0 Å². The maximum Gasteiger partial charge on any atom is 0.173 e. The first-order valence-electron chi connectivity index (χ1n) is 4.08. The molecule has 0 amide bonds.